The Morgan fingerprint density at radius 3 is 2.46 bits per heavy atom. The highest BCUT2D eigenvalue weighted by atomic mass is 19.4. The first kappa shape index (κ1) is 19.4. The van der Waals surface area contributed by atoms with Gasteiger partial charge in [-0.15, -0.1) is 0 Å². The Hall–Kier alpha value is -2.88. The zero-order valence-corrected chi connectivity index (χ0v) is 13.6. The number of aliphatic carboxylic acids is 1. The van der Waals surface area contributed by atoms with Crippen molar-refractivity contribution in [3.05, 3.63) is 52.9 Å². The standard InChI is InChI=1S/C16H15F3N2O5/c1-25-9-12-6-13(20-26-12)15(24)21(8-14(22)23)7-10-2-4-11(5-3-10)16(17,18)19/h2-6H,7-9H2,1H3,(H,22,23). The van der Waals surface area contributed by atoms with Crippen LogP contribution in [0.15, 0.2) is 34.9 Å². The summed E-state index contributed by atoms with van der Waals surface area (Å²) in [5.41, 5.74) is -0.614. The van der Waals surface area contributed by atoms with E-state index in [1.165, 1.54) is 25.3 Å². The van der Waals surface area contributed by atoms with E-state index in [-0.39, 0.29) is 24.6 Å². The van der Waals surface area contributed by atoms with E-state index in [1.54, 1.807) is 0 Å². The number of carboxylic acid groups (broad SMARTS) is 1. The maximum Gasteiger partial charge on any atom is 0.416 e. The number of ether oxygens (including phenoxy) is 1. The van der Waals surface area contributed by atoms with Crippen molar-refractivity contribution in [1.82, 2.24) is 10.1 Å². The molecular formula is C16H15F3N2O5. The van der Waals surface area contributed by atoms with E-state index in [0.29, 0.717) is 5.56 Å². The minimum atomic E-state index is -4.48. The van der Waals surface area contributed by atoms with Crippen molar-refractivity contribution in [2.45, 2.75) is 19.3 Å². The van der Waals surface area contributed by atoms with Crippen molar-refractivity contribution in [3.8, 4) is 0 Å². The van der Waals surface area contributed by atoms with Gasteiger partial charge in [-0.3, -0.25) is 9.59 Å². The first-order valence-electron chi connectivity index (χ1n) is 7.32. The average Bonchev–Trinajstić information content (AvgIpc) is 3.02. The number of aromatic nitrogens is 1. The molecule has 26 heavy (non-hydrogen) atoms. The second kappa shape index (κ2) is 8.00. The molecule has 0 aliphatic heterocycles. The molecule has 0 saturated carbocycles. The van der Waals surface area contributed by atoms with Gasteiger partial charge in [-0.1, -0.05) is 17.3 Å². The Morgan fingerprint density at radius 1 is 1.27 bits per heavy atom. The summed E-state index contributed by atoms with van der Waals surface area (Å²) in [5.74, 6) is -1.72. The number of hydrogen-bond donors (Lipinski definition) is 1. The fourth-order valence-corrected chi connectivity index (χ4v) is 2.17. The zero-order chi connectivity index (χ0) is 19.3. The van der Waals surface area contributed by atoms with Crippen LogP contribution in [0, 0.1) is 0 Å². The van der Waals surface area contributed by atoms with Crippen molar-refractivity contribution in [2.24, 2.45) is 0 Å². The van der Waals surface area contributed by atoms with Gasteiger partial charge in [0.1, 0.15) is 13.2 Å². The molecule has 2 aromatic rings. The van der Waals surface area contributed by atoms with Crippen molar-refractivity contribution in [2.75, 3.05) is 13.7 Å². The lowest BCUT2D eigenvalue weighted by Crippen LogP contribution is -2.35. The number of carboxylic acids is 1. The van der Waals surface area contributed by atoms with Crippen LogP contribution in [0.1, 0.15) is 27.4 Å². The average molecular weight is 372 g/mol. The summed E-state index contributed by atoms with van der Waals surface area (Å²) in [4.78, 5) is 24.4. The van der Waals surface area contributed by atoms with E-state index in [9.17, 15) is 22.8 Å². The van der Waals surface area contributed by atoms with Crippen LogP contribution in [0.2, 0.25) is 0 Å². The second-order valence-corrected chi connectivity index (χ2v) is 5.36. The molecule has 1 heterocycles. The van der Waals surface area contributed by atoms with Crippen molar-refractivity contribution < 1.29 is 37.1 Å². The number of rotatable bonds is 7. The van der Waals surface area contributed by atoms with Gasteiger partial charge in [0.2, 0.25) is 0 Å². The molecule has 2 rings (SSSR count). The van der Waals surface area contributed by atoms with Gasteiger partial charge in [-0.05, 0) is 17.7 Å². The molecule has 1 aromatic carbocycles. The highest BCUT2D eigenvalue weighted by Gasteiger charge is 2.30. The summed E-state index contributed by atoms with van der Waals surface area (Å²) in [5, 5.41) is 12.6. The number of halogens is 3. The van der Waals surface area contributed by atoms with Crippen LogP contribution in [-0.4, -0.2) is 40.7 Å². The van der Waals surface area contributed by atoms with Crippen LogP contribution in [0.5, 0.6) is 0 Å². The highest BCUT2D eigenvalue weighted by Crippen LogP contribution is 2.29. The molecule has 7 nitrogen and oxygen atoms in total. The molecule has 0 aliphatic rings. The first-order valence-corrected chi connectivity index (χ1v) is 7.32. The van der Waals surface area contributed by atoms with Crippen LogP contribution < -0.4 is 0 Å². The van der Waals surface area contributed by atoms with Gasteiger partial charge in [0.25, 0.3) is 5.91 Å². The number of carbonyl (C=O) groups excluding carboxylic acids is 1. The number of hydrogen-bond acceptors (Lipinski definition) is 5. The summed E-state index contributed by atoms with van der Waals surface area (Å²) in [7, 11) is 1.42. The van der Waals surface area contributed by atoms with Crippen LogP contribution in [0.3, 0.4) is 0 Å². The Kier molecular flexibility index (Phi) is 5.98. The molecule has 0 fully saturated rings. The lowest BCUT2D eigenvalue weighted by molar-refractivity contribution is -0.138. The molecule has 0 bridgehead atoms. The number of benzene rings is 1. The normalized spacial score (nSPS) is 11.4. The largest absolute Gasteiger partial charge is 0.480 e. The van der Waals surface area contributed by atoms with Gasteiger partial charge >= 0.3 is 12.1 Å². The number of methoxy groups -OCH3 is 1. The van der Waals surface area contributed by atoms with Gasteiger partial charge in [0, 0.05) is 19.7 Å². The minimum Gasteiger partial charge on any atom is -0.480 e. The van der Waals surface area contributed by atoms with Crippen LogP contribution in [-0.2, 0) is 28.9 Å². The van der Waals surface area contributed by atoms with Gasteiger partial charge < -0.3 is 19.3 Å². The van der Waals surface area contributed by atoms with Gasteiger partial charge in [0.05, 0.1) is 5.56 Å². The Balaban J connectivity index is 2.18. The van der Waals surface area contributed by atoms with E-state index < -0.39 is 30.2 Å². The lowest BCUT2D eigenvalue weighted by Gasteiger charge is -2.19. The topological polar surface area (TPSA) is 92.9 Å². The van der Waals surface area contributed by atoms with Gasteiger partial charge in [-0.25, -0.2) is 0 Å². The molecule has 1 amide bonds. The Morgan fingerprint density at radius 2 is 1.92 bits per heavy atom. The summed E-state index contributed by atoms with van der Waals surface area (Å²) in [6.07, 6.45) is -4.48. The fourth-order valence-electron chi connectivity index (χ4n) is 2.17. The number of carbonyl (C=O) groups is 2. The fraction of sp³-hybridized carbons (Fsp3) is 0.312. The molecule has 0 unspecified atom stereocenters. The molecule has 0 spiro atoms. The van der Waals surface area contributed by atoms with Crippen molar-refractivity contribution in [3.63, 3.8) is 0 Å². The van der Waals surface area contributed by atoms with Gasteiger partial charge in [-0.2, -0.15) is 13.2 Å². The van der Waals surface area contributed by atoms with E-state index in [2.05, 4.69) is 5.16 Å². The molecule has 140 valence electrons. The summed E-state index contributed by atoms with van der Waals surface area (Å²) in [6.45, 7) is -0.764. The Labute approximate surface area is 145 Å². The minimum absolute atomic E-state index is 0.0815. The van der Waals surface area contributed by atoms with E-state index in [4.69, 9.17) is 14.4 Å². The maximum atomic E-state index is 12.6. The van der Waals surface area contributed by atoms with E-state index >= 15 is 0 Å². The number of amides is 1. The summed E-state index contributed by atoms with van der Waals surface area (Å²) in [6, 6.07) is 5.42. The van der Waals surface area contributed by atoms with Crippen molar-refractivity contribution >= 4 is 11.9 Å². The molecule has 1 aromatic heterocycles. The third-order valence-corrected chi connectivity index (χ3v) is 3.33. The quantitative estimate of drug-likeness (QED) is 0.803. The third kappa shape index (κ3) is 5.06. The molecule has 0 atom stereocenters. The summed E-state index contributed by atoms with van der Waals surface area (Å²) < 4.78 is 47.5. The Bertz CT molecular complexity index is 771. The number of nitrogens with zero attached hydrogens (tertiary/aromatic N) is 2. The van der Waals surface area contributed by atoms with Crippen LogP contribution in [0.4, 0.5) is 13.2 Å². The molecular weight excluding hydrogens is 357 g/mol. The predicted molar refractivity (Wildman–Crippen MR) is 81.0 cm³/mol. The van der Waals surface area contributed by atoms with Gasteiger partial charge in [0.15, 0.2) is 11.5 Å². The number of alkyl halides is 3. The zero-order valence-electron chi connectivity index (χ0n) is 13.6. The molecule has 1 N–H and O–H groups in total. The van der Waals surface area contributed by atoms with E-state index in [1.807, 2.05) is 0 Å². The van der Waals surface area contributed by atoms with Crippen LogP contribution in [0.25, 0.3) is 0 Å². The molecule has 0 aliphatic carbocycles. The maximum absolute atomic E-state index is 12.6. The molecule has 0 saturated heterocycles. The third-order valence-electron chi connectivity index (χ3n) is 3.33. The second-order valence-electron chi connectivity index (χ2n) is 5.36. The van der Waals surface area contributed by atoms with Crippen molar-refractivity contribution in [1.29, 1.82) is 0 Å². The summed E-state index contributed by atoms with van der Waals surface area (Å²) >= 11 is 0. The lowest BCUT2D eigenvalue weighted by atomic mass is 10.1. The smallest absolute Gasteiger partial charge is 0.416 e. The monoisotopic (exact) mass is 372 g/mol. The molecule has 10 heteroatoms. The molecule has 0 radical (unpaired) electrons. The highest BCUT2D eigenvalue weighted by molar-refractivity contribution is 5.94. The first-order chi connectivity index (χ1) is 12.2. The predicted octanol–water partition coefficient (Wildman–Crippen LogP) is 2.57. The van der Waals surface area contributed by atoms with Crippen LogP contribution >= 0.6 is 0 Å². The SMILES string of the molecule is COCc1cc(C(=O)N(CC(=O)O)Cc2ccc(C(F)(F)F)cc2)no1. The van der Waals surface area contributed by atoms with E-state index in [0.717, 1.165) is 17.0 Å².